The van der Waals surface area contributed by atoms with E-state index in [1.54, 1.807) is 6.20 Å². The summed E-state index contributed by atoms with van der Waals surface area (Å²) in [4.78, 5) is 8.69. The van der Waals surface area contributed by atoms with Crippen molar-refractivity contribution in [3.63, 3.8) is 0 Å². The summed E-state index contributed by atoms with van der Waals surface area (Å²) >= 11 is 0. The second-order valence-corrected chi connectivity index (χ2v) is 6.71. The van der Waals surface area contributed by atoms with Crippen LogP contribution in [0.15, 0.2) is 47.2 Å². The average Bonchev–Trinajstić information content (AvgIpc) is 3.04. The van der Waals surface area contributed by atoms with Crippen LogP contribution in [-0.4, -0.2) is 15.1 Å². The molecule has 3 aromatic rings. The molecule has 0 aliphatic heterocycles. The predicted octanol–water partition coefficient (Wildman–Crippen LogP) is 4.79. The molecule has 1 atom stereocenters. The number of benzene rings is 1. The number of hydrogen-bond acceptors (Lipinski definition) is 4. The maximum atomic E-state index is 5.50. The van der Waals surface area contributed by atoms with Gasteiger partial charge in [0.1, 0.15) is 0 Å². The molecule has 0 radical (unpaired) electrons. The van der Waals surface area contributed by atoms with E-state index >= 15 is 0 Å². The minimum absolute atomic E-state index is 0.0708. The lowest BCUT2D eigenvalue weighted by Gasteiger charge is -2.09. The zero-order valence-electron chi connectivity index (χ0n) is 14.7. The lowest BCUT2D eigenvalue weighted by molar-refractivity contribution is 0.371. The summed E-state index contributed by atoms with van der Waals surface area (Å²) in [5.41, 5.74) is 4.54. The molecule has 0 bridgehead atoms. The van der Waals surface area contributed by atoms with Crippen LogP contribution in [-0.2, 0) is 6.42 Å². The van der Waals surface area contributed by atoms with E-state index in [1.165, 1.54) is 11.1 Å². The quantitative estimate of drug-likeness (QED) is 0.678. The summed E-state index contributed by atoms with van der Waals surface area (Å²) in [6, 6.07) is 10.6. The van der Waals surface area contributed by atoms with Crippen LogP contribution < -0.4 is 0 Å². The molecule has 1 aromatic carbocycles. The topological polar surface area (TPSA) is 51.8 Å². The van der Waals surface area contributed by atoms with Crippen molar-refractivity contribution in [1.82, 2.24) is 15.1 Å². The third kappa shape index (κ3) is 3.53. The number of hydrogen-bond donors (Lipinski definition) is 0. The highest BCUT2D eigenvalue weighted by atomic mass is 16.5. The Morgan fingerprint density at radius 1 is 1.04 bits per heavy atom. The minimum atomic E-state index is 0.0708. The lowest BCUT2D eigenvalue weighted by atomic mass is 9.97. The smallest absolute Gasteiger partial charge is 0.234 e. The summed E-state index contributed by atoms with van der Waals surface area (Å²) in [5.74, 6) is 1.99. The molecule has 1 unspecified atom stereocenters. The molecule has 0 aliphatic rings. The van der Waals surface area contributed by atoms with E-state index in [1.807, 2.05) is 19.2 Å². The van der Waals surface area contributed by atoms with Crippen LogP contribution >= 0.6 is 0 Å². The molecule has 3 rings (SSSR count). The lowest BCUT2D eigenvalue weighted by Crippen LogP contribution is -1.98. The maximum absolute atomic E-state index is 5.50. The molecule has 2 aromatic heterocycles. The Morgan fingerprint density at radius 2 is 1.79 bits per heavy atom. The zero-order chi connectivity index (χ0) is 17.1. The largest absolute Gasteiger partial charge is 0.338 e. The third-order valence-corrected chi connectivity index (χ3v) is 4.20. The van der Waals surface area contributed by atoms with Crippen molar-refractivity contribution in [2.24, 2.45) is 5.92 Å². The van der Waals surface area contributed by atoms with Crippen LogP contribution in [0.25, 0.3) is 11.4 Å². The standard InChI is InChI=1S/C20H23N3O/c1-13(2)11-16-5-7-17(8-6-16)15(4)20-22-19(23-24-20)18-9-10-21-12-14(18)3/h5-10,12-13,15H,11H2,1-4H3. The molecule has 0 amide bonds. The van der Waals surface area contributed by atoms with Gasteiger partial charge in [0, 0.05) is 18.0 Å². The Morgan fingerprint density at radius 3 is 2.46 bits per heavy atom. The zero-order valence-corrected chi connectivity index (χ0v) is 14.7. The summed E-state index contributed by atoms with van der Waals surface area (Å²) in [5, 5.41) is 4.14. The Kier molecular flexibility index (Phi) is 4.74. The number of rotatable bonds is 5. The molecule has 0 fully saturated rings. The molecule has 124 valence electrons. The summed E-state index contributed by atoms with van der Waals surface area (Å²) < 4.78 is 5.50. The molecule has 0 N–H and O–H groups in total. The Labute approximate surface area is 143 Å². The van der Waals surface area contributed by atoms with Crippen LogP contribution in [0.2, 0.25) is 0 Å². The monoisotopic (exact) mass is 321 g/mol. The van der Waals surface area contributed by atoms with Crippen molar-refractivity contribution in [2.45, 2.75) is 40.0 Å². The fourth-order valence-electron chi connectivity index (χ4n) is 2.80. The van der Waals surface area contributed by atoms with E-state index in [4.69, 9.17) is 4.52 Å². The first kappa shape index (κ1) is 16.4. The molecule has 2 heterocycles. The van der Waals surface area contributed by atoms with E-state index < -0.39 is 0 Å². The number of aromatic nitrogens is 3. The maximum Gasteiger partial charge on any atom is 0.234 e. The molecule has 0 saturated carbocycles. The second-order valence-electron chi connectivity index (χ2n) is 6.71. The highest BCUT2D eigenvalue weighted by Crippen LogP contribution is 2.26. The van der Waals surface area contributed by atoms with Crippen LogP contribution in [0.4, 0.5) is 0 Å². The molecular formula is C20H23N3O. The van der Waals surface area contributed by atoms with Gasteiger partial charge in [0.15, 0.2) is 0 Å². The molecule has 4 heteroatoms. The highest BCUT2D eigenvalue weighted by molar-refractivity contribution is 5.58. The number of pyridine rings is 1. The van der Waals surface area contributed by atoms with Crippen LogP contribution in [0, 0.1) is 12.8 Å². The van der Waals surface area contributed by atoms with E-state index in [9.17, 15) is 0 Å². The van der Waals surface area contributed by atoms with E-state index in [0.717, 1.165) is 17.5 Å². The van der Waals surface area contributed by atoms with E-state index in [0.29, 0.717) is 17.6 Å². The van der Waals surface area contributed by atoms with Crippen molar-refractivity contribution in [1.29, 1.82) is 0 Å². The van der Waals surface area contributed by atoms with Gasteiger partial charge in [-0.3, -0.25) is 4.98 Å². The molecule has 24 heavy (non-hydrogen) atoms. The highest BCUT2D eigenvalue weighted by Gasteiger charge is 2.18. The first-order valence-electron chi connectivity index (χ1n) is 8.38. The second kappa shape index (κ2) is 6.95. The Balaban J connectivity index is 1.81. The van der Waals surface area contributed by atoms with Gasteiger partial charge in [-0.25, -0.2) is 0 Å². The van der Waals surface area contributed by atoms with Gasteiger partial charge in [-0.05, 0) is 48.9 Å². The van der Waals surface area contributed by atoms with Gasteiger partial charge in [0.2, 0.25) is 11.7 Å². The molecule has 0 saturated heterocycles. The number of nitrogens with zero attached hydrogens (tertiary/aromatic N) is 3. The number of aryl methyl sites for hydroxylation is 1. The normalized spacial score (nSPS) is 12.5. The van der Waals surface area contributed by atoms with Crippen LogP contribution in [0.1, 0.15) is 49.3 Å². The summed E-state index contributed by atoms with van der Waals surface area (Å²) in [6.07, 6.45) is 4.65. The average molecular weight is 321 g/mol. The first-order valence-corrected chi connectivity index (χ1v) is 8.38. The predicted molar refractivity (Wildman–Crippen MR) is 94.8 cm³/mol. The Bertz CT molecular complexity index is 806. The van der Waals surface area contributed by atoms with Gasteiger partial charge >= 0.3 is 0 Å². The van der Waals surface area contributed by atoms with Gasteiger partial charge in [0.25, 0.3) is 0 Å². The molecule has 4 nitrogen and oxygen atoms in total. The van der Waals surface area contributed by atoms with Crippen LogP contribution in [0.3, 0.4) is 0 Å². The summed E-state index contributed by atoms with van der Waals surface area (Å²) in [7, 11) is 0. The molecular weight excluding hydrogens is 298 g/mol. The van der Waals surface area contributed by atoms with Gasteiger partial charge in [0.05, 0.1) is 5.92 Å². The third-order valence-electron chi connectivity index (χ3n) is 4.20. The van der Waals surface area contributed by atoms with Gasteiger partial charge in [-0.2, -0.15) is 4.98 Å². The van der Waals surface area contributed by atoms with Crippen molar-refractivity contribution in [3.05, 3.63) is 65.3 Å². The van der Waals surface area contributed by atoms with Crippen molar-refractivity contribution >= 4 is 0 Å². The molecule has 0 spiro atoms. The van der Waals surface area contributed by atoms with Gasteiger partial charge < -0.3 is 4.52 Å². The Hall–Kier alpha value is -2.49. The van der Waals surface area contributed by atoms with Gasteiger partial charge in [-0.15, -0.1) is 0 Å². The minimum Gasteiger partial charge on any atom is -0.338 e. The fraction of sp³-hybridized carbons (Fsp3) is 0.350. The first-order chi connectivity index (χ1) is 11.5. The fourth-order valence-corrected chi connectivity index (χ4v) is 2.80. The van der Waals surface area contributed by atoms with Crippen molar-refractivity contribution in [3.8, 4) is 11.4 Å². The van der Waals surface area contributed by atoms with E-state index in [2.05, 4.69) is 60.2 Å². The van der Waals surface area contributed by atoms with Crippen LogP contribution in [0.5, 0.6) is 0 Å². The summed E-state index contributed by atoms with van der Waals surface area (Å²) in [6.45, 7) is 8.55. The van der Waals surface area contributed by atoms with Crippen molar-refractivity contribution < 1.29 is 4.52 Å². The SMILES string of the molecule is Cc1cnccc1-c1noc(C(C)c2ccc(CC(C)C)cc2)n1. The van der Waals surface area contributed by atoms with Crippen molar-refractivity contribution in [2.75, 3.05) is 0 Å². The van der Waals surface area contributed by atoms with Gasteiger partial charge in [-0.1, -0.05) is 43.3 Å². The van der Waals surface area contributed by atoms with E-state index in [-0.39, 0.29) is 5.92 Å². The molecule has 0 aliphatic carbocycles.